The lowest BCUT2D eigenvalue weighted by Gasteiger charge is -2.12. The minimum absolute atomic E-state index is 0.144. The molecule has 0 bridgehead atoms. The molecule has 1 heterocycles. The zero-order valence-corrected chi connectivity index (χ0v) is 8.74. The van der Waals surface area contributed by atoms with Gasteiger partial charge in [0.15, 0.2) is 0 Å². The lowest BCUT2D eigenvalue weighted by Crippen LogP contribution is -2.19. The summed E-state index contributed by atoms with van der Waals surface area (Å²) in [7, 11) is 1.67. The van der Waals surface area contributed by atoms with Crippen molar-refractivity contribution >= 4 is 11.6 Å². The average molecular weight is 196 g/mol. The molecule has 0 radical (unpaired) electrons. The summed E-state index contributed by atoms with van der Waals surface area (Å²) in [4.78, 5) is 7.97. The number of nitrogens with two attached hydrogens (primary N) is 1. The minimum atomic E-state index is 0.144. The molecule has 0 aliphatic heterocycles. The minimum Gasteiger partial charge on any atom is -0.383 e. The molecule has 0 amide bonds. The highest BCUT2D eigenvalue weighted by molar-refractivity contribution is 5.53. The van der Waals surface area contributed by atoms with Crippen molar-refractivity contribution in [2.45, 2.75) is 20.0 Å². The third kappa shape index (κ3) is 2.56. The highest BCUT2D eigenvalue weighted by atomic mass is 16.5. The van der Waals surface area contributed by atoms with E-state index in [4.69, 9.17) is 10.5 Å². The maximum absolute atomic E-state index is 5.64. The summed E-state index contributed by atoms with van der Waals surface area (Å²) in [6.45, 7) is 4.57. The fourth-order valence-electron chi connectivity index (χ4n) is 0.966. The first kappa shape index (κ1) is 10.7. The Hall–Kier alpha value is -1.36. The summed E-state index contributed by atoms with van der Waals surface area (Å²) in [5, 5.41) is 3.15. The molecule has 0 aromatic carbocycles. The lowest BCUT2D eigenvalue weighted by atomic mass is 10.3. The molecule has 3 N–H and O–H groups in total. The fraction of sp³-hybridized carbons (Fsp3) is 0.556. The van der Waals surface area contributed by atoms with Gasteiger partial charge in [0, 0.05) is 19.2 Å². The Bertz CT molecular complexity index is 303. The second kappa shape index (κ2) is 4.76. The van der Waals surface area contributed by atoms with Crippen LogP contribution in [0.1, 0.15) is 12.5 Å². The third-order valence-corrected chi connectivity index (χ3v) is 2.08. The van der Waals surface area contributed by atoms with Gasteiger partial charge in [0.2, 0.25) is 0 Å². The Morgan fingerprint density at radius 1 is 1.57 bits per heavy atom. The van der Waals surface area contributed by atoms with Crippen molar-refractivity contribution in [2.75, 3.05) is 24.7 Å². The molecule has 1 aromatic heterocycles. The van der Waals surface area contributed by atoms with E-state index in [0.29, 0.717) is 12.4 Å². The molecule has 1 aromatic rings. The van der Waals surface area contributed by atoms with E-state index in [1.54, 1.807) is 7.11 Å². The van der Waals surface area contributed by atoms with Gasteiger partial charge in [0.25, 0.3) is 0 Å². The predicted octanol–water partition coefficient (Wildman–Crippen LogP) is 0.814. The average Bonchev–Trinajstić information content (AvgIpc) is 2.20. The van der Waals surface area contributed by atoms with E-state index in [2.05, 4.69) is 15.3 Å². The Balaban J connectivity index is 2.63. The van der Waals surface area contributed by atoms with Gasteiger partial charge in [-0.3, -0.25) is 0 Å². The van der Waals surface area contributed by atoms with Crippen molar-refractivity contribution < 1.29 is 4.74 Å². The molecule has 0 aliphatic carbocycles. The van der Waals surface area contributed by atoms with E-state index >= 15 is 0 Å². The molecule has 14 heavy (non-hydrogen) atoms. The second-order valence-electron chi connectivity index (χ2n) is 3.16. The van der Waals surface area contributed by atoms with E-state index in [1.165, 1.54) is 6.33 Å². The van der Waals surface area contributed by atoms with Gasteiger partial charge in [0.05, 0.1) is 6.10 Å². The summed E-state index contributed by atoms with van der Waals surface area (Å²) in [6.07, 6.45) is 1.59. The number of nitrogens with one attached hydrogen (secondary N) is 1. The molecule has 5 heteroatoms. The molecular weight excluding hydrogens is 180 g/mol. The molecule has 0 saturated heterocycles. The standard InChI is InChI=1S/C9H16N4O/c1-6(14-3)4-11-9-7(2)8(10)12-5-13-9/h5-6H,4H2,1-3H3,(H3,10,11,12,13). The van der Waals surface area contributed by atoms with Crippen molar-refractivity contribution in [3.8, 4) is 0 Å². The molecule has 1 rings (SSSR count). The van der Waals surface area contributed by atoms with Crippen LogP contribution in [0.3, 0.4) is 0 Å². The van der Waals surface area contributed by atoms with Crippen LogP contribution in [-0.4, -0.2) is 29.7 Å². The van der Waals surface area contributed by atoms with Gasteiger partial charge < -0.3 is 15.8 Å². The van der Waals surface area contributed by atoms with E-state index < -0.39 is 0 Å². The van der Waals surface area contributed by atoms with Gasteiger partial charge in [0.1, 0.15) is 18.0 Å². The molecule has 0 spiro atoms. The molecular formula is C9H16N4O. The molecule has 78 valence electrons. The van der Waals surface area contributed by atoms with Crippen LogP contribution in [0.5, 0.6) is 0 Å². The van der Waals surface area contributed by atoms with E-state index in [0.717, 1.165) is 11.4 Å². The molecule has 5 nitrogen and oxygen atoms in total. The van der Waals surface area contributed by atoms with Crippen LogP contribution in [0.2, 0.25) is 0 Å². The lowest BCUT2D eigenvalue weighted by molar-refractivity contribution is 0.128. The van der Waals surface area contributed by atoms with Crippen LogP contribution < -0.4 is 11.1 Å². The summed E-state index contributed by atoms with van der Waals surface area (Å²) >= 11 is 0. The van der Waals surface area contributed by atoms with Gasteiger partial charge in [-0.1, -0.05) is 0 Å². The van der Waals surface area contributed by atoms with Crippen LogP contribution in [-0.2, 0) is 4.74 Å². The number of ether oxygens (including phenoxy) is 1. The normalized spacial score (nSPS) is 12.5. The van der Waals surface area contributed by atoms with Crippen LogP contribution in [0, 0.1) is 6.92 Å². The smallest absolute Gasteiger partial charge is 0.134 e. The number of rotatable bonds is 4. The maximum Gasteiger partial charge on any atom is 0.134 e. The molecule has 0 saturated carbocycles. The van der Waals surface area contributed by atoms with Crippen molar-refractivity contribution in [2.24, 2.45) is 0 Å². The van der Waals surface area contributed by atoms with Gasteiger partial charge in [-0.15, -0.1) is 0 Å². The van der Waals surface area contributed by atoms with Gasteiger partial charge in [-0.05, 0) is 13.8 Å². The third-order valence-electron chi connectivity index (χ3n) is 2.08. The van der Waals surface area contributed by atoms with Gasteiger partial charge >= 0.3 is 0 Å². The van der Waals surface area contributed by atoms with E-state index in [9.17, 15) is 0 Å². The Kier molecular flexibility index (Phi) is 3.64. The van der Waals surface area contributed by atoms with Crippen LogP contribution >= 0.6 is 0 Å². The summed E-state index contributed by atoms with van der Waals surface area (Å²) in [5.74, 6) is 1.27. The number of nitrogen functional groups attached to an aromatic ring is 1. The highest BCUT2D eigenvalue weighted by Crippen LogP contribution is 2.14. The SMILES string of the molecule is COC(C)CNc1ncnc(N)c1C. The molecule has 0 fully saturated rings. The number of hydrogen-bond acceptors (Lipinski definition) is 5. The van der Waals surface area contributed by atoms with Crippen LogP contribution in [0.15, 0.2) is 6.33 Å². The van der Waals surface area contributed by atoms with Crippen molar-refractivity contribution in [1.29, 1.82) is 0 Å². The number of aromatic nitrogens is 2. The zero-order valence-electron chi connectivity index (χ0n) is 8.74. The maximum atomic E-state index is 5.64. The van der Waals surface area contributed by atoms with Crippen LogP contribution in [0.25, 0.3) is 0 Å². The quantitative estimate of drug-likeness (QED) is 0.745. The highest BCUT2D eigenvalue weighted by Gasteiger charge is 2.05. The van der Waals surface area contributed by atoms with Gasteiger partial charge in [-0.2, -0.15) is 0 Å². The monoisotopic (exact) mass is 196 g/mol. The number of methoxy groups -OCH3 is 1. The number of nitrogens with zero attached hydrogens (tertiary/aromatic N) is 2. The summed E-state index contributed by atoms with van der Waals surface area (Å²) < 4.78 is 5.10. The molecule has 1 atom stereocenters. The van der Waals surface area contributed by atoms with E-state index in [-0.39, 0.29) is 6.10 Å². The first-order chi connectivity index (χ1) is 6.65. The largest absolute Gasteiger partial charge is 0.383 e. The predicted molar refractivity (Wildman–Crippen MR) is 56.1 cm³/mol. The first-order valence-electron chi connectivity index (χ1n) is 4.49. The topological polar surface area (TPSA) is 73.1 Å². The number of hydrogen-bond donors (Lipinski definition) is 2. The Labute approximate surface area is 83.7 Å². The molecule has 1 unspecified atom stereocenters. The van der Waals surface area contributed by atoms with Gasteiger partial charge in [-0.25, -0.2) is 9.97 Å². The fourth-order valence-corrected chi connectivity index (χ4v) is 0.966. The second-order valence-corrected chi connectivity index (χ2v) is 3.16. The van der Waals surface area contributed by atoms with Crippen molar-refractivity contribution in [3.63, 3.8) is 0 Å². The Morgan fingerprint density at radius 3 is 2.93 bits per heavy atom. The van der Waals surface area contributed by atoms with Crippen molar-refractivity contribution in [1.82, 2.24) is 9.97 Å². The summed E-state index contributed by atoms with van der Waals surface area (Å²) in [6, 6.07) is 0. The Morgan fingerprint density at radius 2 is 2.29 bits per heavy atom. The zero-order chi connectivity index (χ0) is 10.6. The summed E-state index contributed by atoms with van der Waals surface area (Å²) in [5.41, 5.74) is 6.51. The van der Waals surface area contributed by atoms with Crippen molar-refractivity contribution in [3.05, 3.63) is 11.9 Å². The number of anilines is 2. The van der Waals surface area contributed by atoms with Crippen LogP contribution in [0.4, 0.5) is 11.6 Å². The van der Waals surface area contributed by atoms with E-state index in [1.807, 2.05) is 13.8 Å². The molecule has 0 aliphatic rings. The first-order valence-corrected chi connectivity index (χ1v) is 4.49.